The van der Waals surface area contributed by atoms with Crippen LogP contribution in [0.4, 0.5) is 0 Å². The summed E-state index contributed by atoms with van der Waals surface area (Å²) in [5.74, 6) is 0.843. The molecule has 1 saturated heterocycles. The lowest BCUT2D eigenvalue weighted by atomic mass is 10.1. The monoisotopic (exact) mass is 352 g/mol. The molecule has 0 unspecified atom stereocenters. The number of sulfonamides is 1. The van der Waals surface area contributed by atoms with Crippen molar-refractivity contribution in [2.24, 2.45) is 0 Å². The number of rotatable bonds is 6. The second kappa shape index (κ2) is 7.11. The summed E-state index contributed by atoms with van der Waals surface area (Å²) in [4.78, 5) is 14.2. The molecule has 24 heavy (non-hydrogen) atoms. The van der Waals surface area contributed by atoms with Crippen LogP contribution in [0.25, 0.3) is 0 Å². The van der Waals surface area contributed by atoms with Gasteiger partial charge in [-0.15, -0.1) is 0 Å². The van der Waals surface area contributed by atoms with E-state index in [1.54, 1.807) is 9.21 Å². The van der Waals surface area contributed by atoms with Crippen LogP contribution in [-0.4, -0.2) is 61.6 Å². The number of piperazine rings is 1. The molecule has 1 aromatic rings. The van der Waals surface area contributed by atoms with Crippen LogP contribution in [0, 0.1) is 0 Å². The quantitative estimate of drug-likeness (QED) is 0.773. The van der Waals surface area contributed by atoms with Gasteiger partial charge in [0.05, 0.1) is 18.3 Å². The number of ether oxygens (including phenoxy) is 1. The van der Waals surface area contributed by atoms with E-state index in [-0.39, 0.29) is 11.2 Å². The minimum Gasteiger partial charge on any atom is -0.494 e. The first-order chi connectivity index (χ1) is 11.5. The first kappa shape index (κ1) is 17.2. The van der Waals surface area contributed by atoms with Crippen molar-refractivity contribution < 1.29 is 17.9 Å². The van der Waals surface area contributed by atoms with Crippen LogP contribution in [-0.2, 0) is 21.2 Å². The molecular weight excluding hydrogens is 328 g/mol. The topological polar surface area (TPSA) is 66.9 Å². The zero-order chi connectivity index (χ0) is 17.2. The summed E-state index contributed by atoms with van der Waals surface area (Å²) in [6, 6.07) is 7.53. The van der Waals surface area contributed by atoms with Crippen molar-refractivity contribution in [1.82, 2.24) is 9.21 Å². The average Bonchev–Trinajstić information content (AvgIpc) is 3.42. The zero-order valence-corrected chi connectivity index (χ0v) is 14.8. The first-order valence-electron chi connectivity index (χ1n) is 8.49. The molecule has 0 N–H and O–H groups in total. The van der Waals surface area contributed by atoms with Gasteiger partial charge >= 0.3 is 0 Å². The Hall–Kier alpha value is -1.60. The summed E-state index contributed by atoms with van der Waals surface area (Å²) >= 11 is 0. The highest BCUT2D eigenvalue weighted by atomic mass is 32.2. The van der Waals surface area contributed by atoms with Gasteiger partial charge in [0.1, 0.15) is 5.75 Å². The van der Waals surface area contributed by atoms with Gasteiger partial charge in [-0.1, -0.05) is 12.1 Å². The summed E-state index contributed by atoms with van der Waals surface area (Å²) in [7, 11) is -3.13. The molecule has 1 saturated carbocycles. The first-order valence-corrected chi connectivity index (χ1v) is 9.99. The second-order valence-electron chi connectivity index (χ2n) is 6.28. The van der Waals surface area contributed by atoms with Gasteiger partial charge in [0.2, 0.25) is 15.9 Å². The van der Waals surface area contributed by atoms with Crippen molar-refractivity contribution in [2.75, 3.05) is 32.8 Å². The second-order valence-corrected chi connectivity index (χ2v) is 8.49. The maximum atomic E-state index is 12.4. The van der Waals surface area contributed by atoms with E-state index >= 15 is 0 Å². The van der Waals surface area contributed by atoms with Gasteiger partial charge in [-0.3, -0.25) is 4.79 Å². The molecule has 3 rings (SSSR count). The maximum Gasteiger partial charge on any atom is 0.227 e. The van der Waals surface area contributed by atoms with Crippen molar-refractivity contribution in [3.05, 3.63) is 29.8 Å². The van der Waals surface area contributed by atoms with Crippen LogP contribution in [0.3, 0.4) is 0 Å². The van der Waals surface area contributed by atoms with Crippen molar-refractivity contribution in [3.8, 4) is 5.75 Å². The van der Waals surface area contributed by atoms with Crippen LogP contribution in [0.2, 0.25) is 0 Å². The third-order valence-electron chi connectivity index (χ3n) is 4.49. The van der Waals surface area contributed by atoms with Gasteiger partial charge in [0, 0.05) is 26.2 Å². The highest BCUT2D eigenvalue weighted by molar-refractivity contribution is 7.90. The number of hydrogen-bond donors (Lipinski definition) is 0. The van der Waals surface area contributed by atoms with Gasteiger partial charge in [-0.2, -0.15) is 4.31 Å². The lowest BCUT2D eigenvalue weighted by Crippen LogP contribution is -2.51. The predicted octanol–water partition coefficient (Wildman–Crippen LogP) is 1.26. The smallest absolute Gasteiger partial charge is 0.227 e. The Labute approximate surface area is 143 Å². The molecule has 1 aromatic carbocycles. The van der Waals surface area contributed by atoms with E-state index in [2.05, 4.69) is 0 Å². The summed E-state index contributed by atoms with van der Waals surface area (Å²) in [5.41, 5.74) is 0.941. The lowest BCUT2D eigenvalue weighted by Gasteiger charge is -2.34. The summed E-state index contributed by atoms with van der Waals surface area (Å²) in [6.45, 7) is 4.32. The van der Waals surface area contributed by atoms with Gasteiger partial charge in [0.25, 0.3) is 0 Å². The number of nitrogens with zero attached hydrogens (tertiary/aromatic N) is 2. The van der Waals surface area contributed by atoms with Crippen LogP contribution in [0.5, 0.6) is 5.75 Å². The van der Waals surface area contributed by atoms with Gasteiger partial charge in [0.15, 0.2) is 0 Å². The number of benzene rings is 1. The van der Waals surface area contributed by atoms with E-state index in [9.17, 15) is 13.2 Å². The molecule has 0 radical (unpaired) electrons. The fraction of sp³-hybridized carbons (Fsp3) is 0.588. The molecule has 2 aliphatic rings. The Morgan fingerprint density at radius 3 is 2.29 bits per heavy atom. The molecule has 7 heteroatoms. The highest BCUT2D eigenvalue weighted by Crippen LogP contribution is 2.31. The Balaban J connectivity index is 1.51. The SMILES string of the molecule is CCOc1ccc(CC(=O)N2CCN(S(=O)(=O)C3CC3)CC2)cc1. The number of carbonyl (C=O) groups is 1. The van der Waals surface area contributed by atoms with Crippen LogP contribution >= 0.6 is 0 Å². The van der Waals surface area contributed by atoms with E-state index in [0.717, 1.165) is 24.2 Å². The number of hydrogen-bond acceptors (Lipinski definition) is 4. The van der Waals surface area contributed by atoms with Gasteiger partial charge < -0.3 is 9.64 Å². The molecule has 6 nitrogen and oxygen atoms in total. The van der Waals surface area contributed by atoms with Crippen LogP contribution in [0.15, 0.2) is 24.3 Å². The molecule has 132 valence electrons. The van der Waals surface area contributed by atoms with Gasteiger partial charge in [-0.25, -0.2) is 8.42 Å². The molecule has 1 heterocycles. The fourth-order valence-corrected chi connectivity index (χ4v) is 4.75. The minimum atomic E-state index is -3.13. The van der Waals surface area contributed by atoms with Crippen molar-refractivity contribution >= 4 is 15.9 Å². The predicted molar refractivity (Wildman–Crippen MR) is 91.4 cm³/mol. The molecule has 1 aliphatic carbocycles. The molecule has 1 aliphatic heterocycles. The number of amides is 1. The molecule has 0 atom stereocenters. The zero-order valence-electron chi connectivity index (χ0n) is 14.0. The van der Waals surface area contributed by atoms with Crippen molar-refractivity contribution in [2.45, 2.75) is 31.4 Å². The molecular formula is C17H24N2O4S. The lowest BCUT2D eigenvalue weighted by molar-refractivity contribution is -0.131. The maximum absolute atomic E-state index is 12.4. The Morgan fingerprint density at radius 2 is 1.75 bits per heavy atom. The molecule has 2 fully saturated rings. The van der Waals surface area contributed by atoms with E-state index in [1.807, 2.05) is 31.2 Å². The summed E-state index contributed by atoms with van der Waals surface area (Å²) in [5, 5.41) is -0.177. The molecule has 0 aromatic heterocycles. The summed E-state index contributed by atoms with van der Waals surface area (Å²) in [6.07, 6.45) is 1.89. The minimum absolute atomic E-state index is 0.0441. The van der Waals surface area contributed by atoms with Crippen molar-refractivity contribution in [1.29, 1.82) is 0 Å². The third-order valence-corrected chi connectivity index (χ3v) is 6.89. The Kier molecular flexibility index (Phi) is 5.10. The van der Waals surface area contributed by atoms with Crippen LogP contribution < -0.4 is 4.74 Å². The largest absolute Gasteiger partial charge is 0.494 e. The van der Waals surface area contributed by atoms with E-state index < -0.39 is 10.0 Å². The van der Waals surface area contributed by atoms with Crippen molar-refractivity contribution in [3.63, 3.8) is 0 Å². The highest BCUT2D eigenvalue weighted by Gasteiger charge is 2.41. The van der Waals surface area contributed by atoms with Crippen LogP contribution in [0.1, 0.15) is 25.3 Å². The molecule has 0 spiro atoms. The van der Waals surface area contributed by atoms with E-state index in [4.69, 9.17) is 4.74 Å². The Bertz CT molecular complexity index is 675. The standard InChI is InChI=1S/C17H24N2O4S/c1-2-23-15-5-3-14(4-6-15)13-17(20)18-9-11-19(12-10-18)24(21,22)16-7-8-16/h3-6,16H,2,7-13H2,1H3. The molecule has 1 amide bonds. The van der Waals surface area contributed by atoms with E-state index in [1.165, 1.54) is 0 Å². The normalized spacial score (nSPS) is 19.3. The number of carbonyl (C=O) groups excluding carboxylic acids is 1. The van der Waals surface area contributed by atoms with E-state index in [0.29, 0.717) is 39.2 Å². The third kappa shape index (κ3) is 3.89. The fourth-order valence-electron chi connectivity index (χ4n) is 2.93. The molecule has 0 bridgehead atoms. The Morgan fingerprint density at radius 1 is 1.12 bits per heavy atom. The van der Waals surface area contributed by atoms with Gasteiger partial charge in [-0.05, 0) is 37.5 Å². The summed E-state index contributed by atoms with van der Waals surface area (Å²) < 4.78 is 31.4. The average molecular weight is 352 g/mol.